The van der Waals surface area contributed by atoms with E-state index >= 15 is 0 Å². The van der Waals surface area contributed by atoms with Gasteiger partial charge in [0.2, 0.25) is 0 Å². The zero-order chi connectivity index (χ0) is 11.2. The van der Waals surface area contributed by atoms with Crippen molar-refractivity contribution in [1.82, 2.24) is 5.32 Å². The van der Waals surface area contributed by atoms with Gasteiger partial charge in [-0.3, -0.25) is 4.79 Å². The van der Waals surface area contributed by atoms with Gasteiger partial charge in [0, 0.05) is 13.7 Å². The van der Waals surface area contributed by atoms with Crippen LogP contribution in [0.4, 0.5) is 0 Å². The molecule has 0 fully saturated rings. The Labute approximate surface area is 85.6 Å². The molecule has 0 saturated heterocycles. The maximum Gasteiger partial charge on any atom is 0.251 e. The molecule has 4 nitrogen and oxygen atoms in total. The number of aliphatic hydroxyl groups is 1. The van der Waals surface area contributed by atoms with Crippen molar-refractivity contribution in [3.05, 3.63) is 0 Å². The number of hydrogen-bond donors (Lipinski definition) is 2. The highest BCUT2D eigenvalue weighted by Gasteiger charge is 2.26. The Morgan fingerprint density at radius 1 is 1.57 bits per heavy atom. The maximum absolute atomic E-state index is 11.5. The van der Waals surface area contributed by atoms with Gasteiger partial charge in [0.1, 0.15) is 5.60 Å². The molecule has 0 heterocycles. The highest BCUT2D eigenvalue weighted by atomic mass is 16.5. The maximum atomic E-state index is 11.5. The van der Waals surface area contributed by atoms with Crippen molar-refractivity contribution in [2.24, 2.45) is 0 Å². The molecular formula is C10H21NO3. The smallest absolute Gasteiger partial charge is 0.251 e. The Bertz CT molecular complexity index is 180. The van der Waals surface area contributed by atoms with Gasteiger partial charge in [0.15, 0.2) is 0 Å². The van der Waals surface area contributed by atoms with Crippen LogP contribution >= 0.6 is 0 Å². The fourth-order valence-corrected chi connectivity index (χ4v) is 0.951. The third kappa shape index (κ3) is 4.58. The monoisotopic (exact) mass is 203 g/mol. The summed E-state index contributed by atoms with van der Waals surface area (Å²) in [5.74, 6) is -0.199. The standard InChI is InChI=1S/C10H21NO3/c1-5-6-8(12)7-11-9(13)10(2,3)14-4/h8,12H,5-7H2,1-4H3,(H,11,13). The summed E-state index contributed by atoms with van der Waals surface area (Å²) in [7, 11) is 1.49. The van der Waals surface area contributed by atoms with Crippen LogP contribution in [-0.4, -0.2) is 36.4 Å². The van der Waals surface area contributed by atoms with Crippen LogP contribution in [0, 0.1) is 0 Å². The van der Waals surface area contributed by atoms with Crippen molar-refractivity contribution in [3.8, 4) is 0 Å². The van der Waals surface area contributed by atoms with E-state index in [0.29, 0.717) is 13.0 Å². The van der Waals surface area contributed by atoms with Gasteiger partial charge >= 0.3 is 0 Å². The number of amides is 1. The molecule has 4 heteroatoms. The first kappa shape index (κ1) is 13.4. The average molecular weight is 203 g/mol. The molecular weight excluding hydrogens is 182 g/mol. The Hall–Kier alpha value is -0.610. The minimum absolute atomic E-state index is 0.199. The topological polar surface area (TPSA) is 58.6 Å². The summed E-state index contributed by atoms with van der Waals surface area (Å²) < 4.78 is 5.00. The van der Waals surface area contributed by atoms with E-state index in [1.165, 1.54) is 7.11 Å². The molecule has 0 aliphatic heterocycles. The predicted molar refractivity (Wildman–Crippen MR) is 55.0 cm³/mol. The molecule has 1 unspecified atom stereocenters. The summed E-state index contributed by atoms with van der Waals surface area (Å²) >= 11 is 0. The van der Waals surface area contributed by atoms with Crippen LogP contribution in [0.5, 0.6) is 0 Å². The van der Waals surface area contributed by atoms with Gasteiger partial charge in [-0.25, -0.2) is 0 Å². The van der Waals surface area contributed by atoms with Gasteiger partial charge in [-0.15, -0.1) is 0 Å². The van der Waals surface area contributed by atoms with Crippen molar-refractivity contribution in [3.63, 3.8) is 0 Å². The third-order valence-electron chi connectivity index (χ3n) is 2.18. The minimum Gasteiger partial charge on any atom is -0.391 e. The summed E-state index contributed by atoms with van der Waals surface area (Å²) in [5.41, 5.74) is -0.827. The van der Waals surface area contributed by atoms with Gasteiger partial charge in [-0.1, -0.05) is 13.3 Å². The highest BCUT2D eigenvalue weighted by molar-refractivity contribution is 5.84. The highest BCUT2D eigenvalue weighted by Crippen LogP contribution is 2.06. The minimum atomic E-state index is -0.827. The summed E-state index contributed by atoms with van der Waals surface area (Å²) in [6.45, 7) is 5.66. The van der Waals surface area contributed by atoms with Crippen molar-refractivity contribution in [2.45, 2.75) is 45.3 Å². The molecule has 14 heavy (non-hydrogen) atoms. The molecule has 1 amide bonds. The first-order chi connectivity index (χ1) is 6.44. The first-order valence-corrected chi connectivity index (χ1v) is 4.95. The predicted octanol–water partition coefficient (Wildman–Crippen LogP) is 0.689. The van der Waals surface area contributed by atoms with Crippen LogP contribution in [0.25, 0.3) is 0 Å². The van der Waals surface area contributed by atoms with Crippen molar-refractivity contribution >= 4 is 5.91 Å². The van der Waals surface area contributed by atoms with E-state index in [2.05, 4.69) is 5.32 Å². The van der Waals surface area contributed by atoms with E-state index < -0.39 is 11.7 Å². The fourth-order valence-electron chi connectivity index (χ4n) is 0.951. The number of methoxy groups -OCH3 is 1. The number of ether oxygens (including phenoxy) is 1. The summed E-state index contributed by atoms with van der Waals surface area (Å²) in [4.78, 5) is 11.5. The summed E-state index contributed by atoms with van der Waals surface area (Å²) in [5, 5.41) is 12.0. The molecule has 84 valence electrons. The zero-order valence-electron chi connectivity index (χ0n) is 9.46. The second-order valence-corrected chi connectivity index (χ2v) is 3.87. The Kier molecular flexibility index (Phi) is 5.72. The van der Waals surface area contributed by atoms with Crippen molar-refractivity contribution in [2.75, 3.05) is 13.7 Å². The van der Waals surface area contributed by atoms with E-state index in [1.807, 2.05) is 6.92 Å². The second kappa shape index (κ2) is 5.98. The van der Waals surface area contributed by atoms with E-state index in [4.69, 9.17) is 4.74 Å². The number of carbonyl (C=O) groups excluding carboxylic acids is 1. The van der Waals surface area contributed by atoms with Crippen molar-refractivity contribution in [1.29, 1.82) is 0 Å². The van der Waals surface area contributed by atoms with E-state index in [-0.39, 0.29) is 5.91 Å². The Morgan fingerprint density at radius 2 is 2.14 bits per heavy atom. The van der Waals surface area contributed by atoms with Crippen LogP contribution in [0.2, 0.25) is 0 Å². The zero-order valence-corrected chi connectivity index (χ0v) is 9.46. The molecule has 2 N–H and O–H groups in total. The normalized spacial score (nSPS) is 13.8. The number of hydrogen-bond acceptors (Lipinski definition) is 3. The molecule has 0 saturated carbocycles. The first-order valence-electron chi connectivity index (χ1n) is 4.95. The van der Waals surface area contributed by atoms with Crippen molar-refractivity contribution < 1.29 is 14.6 Å². The van der Waals surface area contributed by atoms with Crippen LogP contribution < -0.4 is 5.32 Å². The van der Waals surface area contributed by atoms with E-state index in [9.17, 15) is 9.90 Å². The van der Waals surface area contributed by atoms with Crippen LogP contribution in [-0.2, 0) is 9.53 Å². The molecule has 0 aliphatic rings. The SMILES string of the molecule is CCCC(O)CNC(=O)C(C)(C)OC. The average Bonchev–Trinajstić information content (AvgIpc) is 2.14. The molecule has 0 spiro atoms. The van der Waals surface area contributed by atoms with E-state index in [0.717, 1.165) is 6.42 Å². The molecule has 0 bridgehead atoms. The van der Waals surface area contributed by atoms with Crippen LogP contribution in [0.15, 0.2) is 0 Å². The third-order valence-corrected chi connectivity index (χ3v) is 2.18. The summed E-state index contributed by atoms with van der Waals surface area (Å²) in [6, 6.07) is 0. The van der Waals surface area contributed by atoms with E-state index in [1.54, 1.807) is 13.8 Å². The number of nitrogens with one attached hydrogen (secondary N) is 1. The van der Waals surface area contributed by atoms with Crippen LogP contribution in [0.1, 0.15) is 33.6 Å². The number of carbonyl (C=O) groups is 1. The second-order valence-electron chi connectivity index (χ2n) is 3.87. The lowest BCUT2D eigenvalue weighted by atomic mass is 10.1. The lowest BCUT2D eigenvalue weighted by Gasteiger charge is -2.22. The fraction of sp³-hybridized carbons (Fsp3) is 0.900. The number of aliphatic hydroxyl groups excluding tert-OH is 1. The quantitative estimate of drug-likeness (QED) is 0.667. The Balaban J connectivity index is 3.85. The molecule has 0 rings (SSSR count). The molecule has 0 aliphatic carbocycles. The van der Waals surface area contributed by atoms with Gasteiger partial charge in [-0.2, -0.15) is 0 Å². The molecule has 0 aromatic carbocycles. The van der Waals surface area contributed by atoms with Crippen LogP contribution in [0.3, 0.4) is 0 Å². The summed E-state index contributed by atoms with van der Waals surface area (Å²) in [6.07, 6.45) is 1.15. The van der Waals surface area contributed by atoms with Gasteiger partial charge in [-0.05, 0) is 20.3 Å². The van der Waals surface area contributed by atoms with Gasteiger partial charge in [0.25, 0.3) is 5.91 Å². The molecule has 0 radical (unpaired) electrons. The molecule has 0 aromatic heterocycles. The van der Waals surface area contributed by atoms with Gasteiger partial charge in [0.05, 0.1) is 6.10 Å². The lowest BCUT2D eigenvalue weighted by Crippen LogP contribution is -2.45. The largest absolute Gasteiger partial charge is 0.391 e. The van der Waals surface area contributed by atoms with Gasteiger partial charge < -0.3 is 15.2 Å². The molecule has 0 aromatic rings. The number of rotatable bonds is 6. The molecule has 1 atom stereocenters. The lowest BCUT2D eigenvalue weighted by molar-refractivity contribution is -0.140. The Morgan fingerprint density at radius 3 is 2.57 bits per heavy atom.